The molecule has 0 radical (unpaired) electrons. The van der Waals surface area contributed by atoms with E-state index in [9.17, 15) is 9.18 Å². The van der Waals surface area contributed by atoms with Crippen molar-refractivity contribution >= 4 is 33.3 Å². The van der Waals surface area contributed by atoms with E-state index in [4.69, 9.17) is 15.5 Å². The summed E-state index contributed by atoms with van der Waals surface area (Å²) in [6, 6.07) is 8.68. The highest BCUT2D eigenvalue weighted by Crippen LogP contribution is 2.46. The second kappa shape index (κ2) is 9.91. The van der Waals surface area contributed by atoms with Crippen molar-refractivity contribution in [1.82, 2.24) is 39.7 Å². The zero-order chi connectivity index (χ0) is 28.2. The highest BCUT2D eigenvalue weighted by Gasteiger charge is 2.45. The number of anilines is 1. The van der Waals surface area contributed by atoms with Gasteiger partial charge in [-0.05, 0) is 65.9 Å². The molecule has 208 valence electrons. The van der Waals surface area contributed by atoms with Crippen LogP contribution in [-0.2, 0) is 0 Å². The van der Waals surface area contributed by atoms with Gasteiger partial charge in [0.2, 0.25) is 5.82 Å². The van der Waals surface area contributed by atoms with Gasteiger partial charge in [0.15, 0.2) is 17.2 Å². The molecule has 0 saturated carbocycles. The first-order valence-electron chi connectivity index (χ1n) is 13.2. The lowest BCUT2D eigenvalue weighted by molar-refractivity contribution is 0.0557. The summed E-state index contributed by atoms with van der Waals surface area (Å²) in [5, 5.41) is 12.2. The number of H-pyrrole nitrogens is 1. The normalized spacial score (nSPS) is 20.1. The highest BCUT2D eigenvalue weighted by atomic mass is 79.9. The van der Waals surface area contributed by atoms with Crippen LogP contribution in [0.25, 0.3) is 28.0 Å². The van der Waals surface area contributed by atoms with Crippen LogP contribution in [0.4, 0.5) is 10.2 Å². The quantitative estimate of drug-likeness (QED) is 0.291. The molecule has 2 aliphatic rings. The van der Waals surface area contributed by atoms with Crippen LogP contribution in [0, 0.1) is 5.82 Å². The maximum absolute atomic E-state index is 14.2. The molecule has 1 amide bonds. The predicted molar refractivity (Wildman–Crippen MR) is 152 cm³/mol. The van der Waals surface area contributed by atoms with Crippen molar-refractivity contribution in [2.45, 2.75) is 43.7 Å². The van der Waals surface area contributed by atoms with Crippen molar-refractivity contribution in [2.24, 2.45) is 0 Å². The molecule has 2 saturated heterocycles. The lowest BCUT2D eigenvalue weighted by Crippen LogP contribution is -2.46. The third-order valence-electron chi connectivity index (χ3n) is 8.14. The van der Waals surface area contributed by atoms with E-state index in [1.165, 1.54) is 19.5 Å². The summed E-state index contributed by atoms with van der Waals surface area (Å²) in [4.78, 5) is 27.5. The van der Waals surface area contributed by atoms with Crippen molar-refractivity contribution in [3.8, 4) is 28.1 Å². The number of benzene rings is 1. The molecular formula is C28H25BrFN9O2. The second-order valence-corrected chi connectivity index (χ2v) is 11.2. The van der Waals surface area contributed by atoms with E-state index >= 15 is 0 Å². The molecule has 3 N–H and O–H groups in total. The number of piperidine rings is 1. The third kappa shape index (κ3) is 4.22. The standard InChI is InChI=1S/C28H25BrFN9O2/c1-41-22-7-3-14(10-20(22)30)21-6-2-15(11-32-21)19-12-35-39-25(31)23(29)24(36-27(19)39)16-8-17-4-5-18(9-16)38(17)28(40)26-33-13-34-37-26/h2-3,6-7,10-13,16-18H,4-5,8-9,31H2,1H3,(H,33,34,37)/t16-,17-,18+. The van der Waals surface area contributed by atoms with Crippen LogP contribution in [-0.4, -0.2) is 64.8 Å². The average Bonchev–Trinajstić information content (AvgIpc) is 3.73. The maximum Gasteiger partial charge on any atom is 0.292 e. The number of ether oxygens (including phenoxy) is 1. The summed E-state index contributed by atoms with van der Waals surface area (Å²) in [5.41, 5.74) is 10.9. The lowest BCUT2D eigenvalue weighted by Gasteiger charge is -2.38. The number of aromatic nitrogens is 7. The predicted octanol–water partition coefficient (Wildman–Crippen LogP) is 4.62. The van der Waals surface area contributed by atoms with E-state index in [-0.39, 0.29) is 35.5 Å². The summed E-state index contributed by atoms with van der Waals surface area (Å²) < 4.78 is 21.6. The van der Waals surface area contributed by atoms with Gasteiger partial charge in [-0.3, -0.25) is 9.78 Å². The van der Waals surface area contributed by atoms with Crippen molar-refractivity contribution in [1.29, 1.82) is 0 Å². The highest BCUT2D eigenvalue weighted by molar-refractivity contribution is 9.10. The zero-order valence-corrected chi connectivity index (χ0v) is 23.5. The number of pyridine rings is 1. The molecule has 6 heterocycles. The van der Waals surface area contributed by atoms with Crippen LogP contribution in [0.3, 0.4) is 0 Å². The number of nitrogens with zero attached hydrogens (tertiary/aromatic N) is 7. The Morgan fingerprint density at radius 1 is 1.15 bits per heavy atom. The Hall–Kier alpha value is -4.39. The van der Waals surface area contributed by atoms with Crippen molar-refractivity contribution in [2.75, 3.05) is 12.8 Å². The number of methoxy groups -OCH3 is 1. The number of carbonyl (C=O) groups is 1. The fraction of sp³-hybridized carbons (Fsp3) is 0.286. The molecule has 11 nitrogen and oxygen atoms in total. The minimum absolute atomic E-state index is 0.0893. The van der Waals surface area contributed by atoms with E-state index in [1.807, 2.05) is 17.0 Å². The van der Waals surface area contributed by atoms with Crippen molar-refractivity contribution in [3.05, 3.63) is 70.9 Å². The monoisotopic (exact) mass is 617 g/mol. The van der Waals surface area contributed by atoms with Gasteiger partial charge in [0.05, 0.1) is 29.2 Å². The number of halogens is 2. The number of hydrogen-bond donors (Lipinski definition) is 2. The smallest absolute Gasteiger partial charge is 0.292 e. The Morgan fingerprint density at radius 3 is 2.59 bits per heavy atom. The Labute approximate surface area is 242 Å². The molecule has 2 aliphatic heterocycles. The molecule has 3 atom stereocenters. The molecule has 7 rings (SSSR count). The van der Waals surface area contributed by atoms with Gasteiger partial charge >= 0.3 is 0 Å². The van der Waals surface area contributed by atoms with E-state index in [2.05, 4.69) is 41.2 Å². The lowest BCUT2D eigenvalue weighted by atomic mass is 9.87. The van der Waals surface area contributed by atoms with Gasteiger partial charge in [0, 0.05) is 40.9 Å². The number of rotatable bonds is 5. The van der Waals surface area contributed by atoms with Crippen LogP contribution in [0.1, 0.15) is 47.9 Å². The fourth-order valence-corrected chi connectivity index (χ4v) is 6.78. The minimum Gasteiger partial charge on any atom is -0.494 e. The van der Waals surface area contributed by atoms with Gasteiger partial charge in [-0.15, -0.1) is 10.2 Å². The Balaban J connectivity index is 1.20. The fourth-order valence-electron chi connectivity index (χ4n) is 6.20. The van der Waals surface area contributed by atoms with Crippen LogP contribution < -0.4 is 10.5 Å². The number of nitrogen functional groups attached to an aromatic ring is 1. The van der Waals surface area contributed by atoms with E-state index in [0.717, 1.165) is 42.5 Å². The first-order valence-corrected chi connectivity index (χ1v) is 14.0. The molecule has 0 spiro atoms. The SMILES string of the molecule is COc1ccc(-c2ccc(-c3cnn4c(N)c(Br)c([C@@H]5C[C@H]6CC[C@@H](C5)N6C(=O)c5nnc[nH]5)nc34)cn2)cc1F. The number of amides is 1. The van der Waals surface area contributed by atoms with Gasteiger partial charge in [-0.2, -0.15) is 9.61 Å². The first kappa shape index (κ1) is 25.6. The molecule has 13 heteroatoms. The minimum atomic E-state index is -0.446. The van der Waals surface area contributed by atoms with Gasteiger partial charge in [0.1, 0.15) is 12.1 Å². The molecule has 41 heavy (non-hydrogen) atoms. The molecule has 0 unspecified atom stereocenters. The molecule has 2 fully saturated rings. The molecule has 2 bridgehead atoms. The average molecular weight is 618 g/mol. The molecular weight excluding hydrogens is 593 g/mol. The van der Waals surface area contributed by atoms with Gasteiger partial charge in [0.25, 0.3) is 5.91 Å². The maximum atomic E-state index is 14.2. The summed E-state index contributed by atoms with van der Waals surface area (Å²) >= 11 is 3.69. The van der Waals surface area contributed by atoms with Crippen LogP contribution in [0.5, 0.6) is 5.75 Å². The molecule has 4 aromatic heterocycles. The Kier molecular flexibility index (Phi) is 6.18. The number of fused-ring (bicyclic) bond motifs is 3. The topological polar surface area (TPSA) is 140 Å². The summed E-state index contributed by atoms with van der Waals surface area (Å²) in [7, 11) is 1.43. The zero-order valence-electron chi connectivity index (χ0n) is 22.0. The number of aromatic amines is 1. The van der Waals surface area contributed by atoms with Crippen molar-refractivity contribution in [3.63, 3.8) is 0 Å². The molecule has 0 aliphatic carbocycles. The molecule has 1 aromatic carbocycles. The van der Waals surface area contributed by atoms with Crippen LogP contribution >= 0.6 is 15.9 Å². The molecule has 5 aromatic rings. The van der Waals surface area contributed by atoms with E-state index in [0.29, 0.717) is 27.2 Å². The van der Waals surface area contributed by atoms with Crippen LogP contribution in [0.15, 0.2) is 53.5 Å². The summed E-state index contributed by atoms with van der Waals surface area (Å²) in [5.74, 6) is 0.469. The van der Waals surface area contributed by atoms with E-state index in [1.54, 1.807) is 29.0 Å². The summed E-state index contributed by atoms with van der Waals surface area (Å²) in [6.07, 6.45) is 8.29. The largest absolute Gasteiger partial charge is 0.494 e. The number of carbonyl (C=O) groups excluding carboxylic acids is 1. The van der Waals surface area contributed by atoms with Gasteiger partial charge in [-0.25, -0.2) is 9.37 Å². The van der Waals surface area contributed by atoms with E-state index < -0.39 is 5.82 Å². The van der Waals surface area contributed by atoms with Gasteiger partial charge < -0.3 is 20.4 Å². The van der Waals surface area contributed by atoms with Gasteiger partial charge in [-0.1, -0.05) is 6.07 Å². The summed E-state index contributed by atoms with van der Waals surface area (Å²) in [6.45, 7) is 0. The third-order valence-corrected chi connectivity index (χ3v) is 8.96. The van der Waals surface area contributed by atoms with Crippen LogP contribution in [0.2, 0.25) is 0 Å². The Bertz CT molecular complexity index is 1760. The first-order chi connectivity index (χ1) is 19.9. The number of nitrogens with one attached hydrogen (secondary N) is 1. The second-order valence-electron chi connectivity index (χ2n) is 10.4. The Morgan fingerprint density at radius 2 is 1.93 bits per heavy atom. The number of nitrogens with two attached hydrogens (primary N) is 1. The van der Waals surface area contributed by atoms with Crippen molar-refractivity contribution < 1.29 is 13.9 Å². The number of hydrogen-bond acceptors (Lipinski definition) is 8.